The Bertz CT molecular complexity index is 3390. The number of rotatable bonds is 15. The Hall–Kier alpha value is -8.29. The highest BCUT2D eigenvalue weighted by Gasteiger charge is 2.48. The maximum Gasteiger partial charge on any atom is 0.246 e. The van der Waals surface area contributed by atoms with Crippen molar-refractivity contribution in [3.8, 4) is 0 Å². The molecule has 16 amide bonds. The van der Waals surface area contributed by atoms with E-state index in [2.05, 4.69) is 47.9 Å². The molecule has 1 aromatic carbocycles. The lowest BCUT2D eigenvalue weighted by molar-refractivity contribution is -0.149. The van der Waals surface area contributed by atoms with Crippen LogP contribution >= 0.6 is 35.3 Å². The number of nitrogens with one attached hydrogen (secondary N) is 9. The zero-order valence-corrected chi connectivity index (χ0v) is 61.8. The fraction of sp³-hybridized carbons (Fsp3) is 0.672. The average Bonchev–Trinajstić information content (AvgIpc) is 1.66. The molecule has 4 bridgehead atoms. The van der Waals surface area contributed by atoms with Gasteiger partial charge in [0.05, 0.1) is 25.6 Å². The molecular formula is C67H101N17O17S3. The van der Waals surface area contributed by atoms with E-state index in [1.165, 1.54) is 26.5 Å². The lowest BCUT2D eigenvalue weighted by Crippen LogP contribution is -2.62. The molecule has 0 saturated carbocycles. The second kappa shape index (κ2) is 39.2. The van der Waals surface area contributed by atoms with Gasteiger partial charge in [-0.05, 0) is 99.7 Å². The van der Waals surface area contributed by atoms with Gasteiger partial charge >= 0.3 is 0 Å². The molecule has 0 unspecified atom stereocenters. The van der Waals surface area contributed by atoms with Crippen molar-refractivity contribution in [2.75, 3.05) is 56.6 Å². The Morgan fingerprint density at radius 3 is 1.50 bits per heavy atom. The molecule has 104 heavy (non-hydrogen) atoms. The minimum Gasteiger partial charge on any atom is -0.394 e. The van der Waals surface area contributed by atoms with Gasteiger partial charge in [0.2, 0.25) is 94.5 Å². The van der Waals surface area contributed by atoms with Crippen molar-refractivity contribution in [3.63, 3.8) is 0 Å². The van der Waals surface area contributed by atoms with Crippen LogP contribution in [0.2, 0.25) is 0 Å². The van der Waals surface area contributed by atoms with E-state index in [0.29, 0.717) is 42.4 Å². The Balaban J connectivity index is 1.33. The van der Waals surface area contributed by atoms with Gasteiger partial charge in [-0.3, -0.25) is 76.7 Å². The van der Waals surface area contributed by atoms with Gasteiger partial charge in [0.15, 0.2) is 0 Å². The average molecular weight is 1510 g/mol. The molecule has 4 fully saturated rings. The van der Waals surface area contributed by atoms with E-state index < -0.39 is 205 Å². The van der Waals surface area contributed by atoms with Gasteiger partial charge in [-0.15, -0.1) is 0 Å². The molecule has 14 atom stereocenters. The second-order valence-electron chi connectivity index (χ2n) is 27.7. The summed E-state index contributed by atoms with van der Waals surface area (Å²) in [7, 11) is 0. The van der Waals surface area contributed by atoms with Gasteiger partial charge in [0.1, 0.15) is 72.5 Å². The predicted molar refractivity (Wildman–Crippen MR) is 383 cm³/mol. The predicted octanol–water partition coefficient (Wildman–Crippen LogP) is -4.57. The maximum absolute atomic E-state index is 15.1. The van der Waals surface area contributed by atoms with Crippen LogP contribution in [0.15, 0.2) is 18.2 Å². The number of hydrogen-bond donors (Lipinski definition) is 14. The molecule has 6 aliphatic rings. The highest BCUT2D eigenvalue weighted by atomic mass is 32.2. The van der Waals surface area contributed by atoms with E-state index >= 15 is 14.4 Å². The molecule has 0 aliphatic carbocycles. The summed E-state index contributed by atoms with van der Waals surface area (Å²) in [6, 6.07) is -12.2. The first kappa shape index (κ1) is 83.0. The smallest absolute Gasteiger partial charge is 0.246 e. The normalized spacial score (nSPS) is 28.0. The lowest BCUT2D eigenvalue weighted by atomic mass is 9.96. The summed E-state index contributed by atoms with van der Waals surface area (Å²) in [5.74, 6) is -14.2. The van der Waals surface area contributed by atoms with Gasteiger partial charge in [0.25, 0.3) is 0 Å². The summed E-state index contributed by atoms with van der Waals surface area (Å²) in [5, 5.41) is 34.5. The Morgan fingerprint density at radius 1 is 0.529 bits per heavy atom. The molecule has 6 aliphatic heterocycles. The monoisotopic (exact) mass is 1510 g/mol. The molecule has 574 valence electrons. The summed E-state index contributed by atoms with van der Waals surface area (Å²) in [6.07, 6.45) is 0.731. The number of carbonyl (C=O) groups excluding carboxylic acids is 16. The molecule has 0 spiro atoms. The number of benzene rings is 1. The molecule has 6 heterocycles. The lowest BCUT2D eigenvalue weighted by Gasteiger charge is -2.34. The molecule has 7 rings (SSSR count). The minimum absolute atomic E-state index is 0.0332. The third-order valence-corrected chi connectivity index (χ3v) is 22.4. The quantitative estimate of drug-likeness (QED) is 0.0786. The number of fused-ring (bicyclic) bond motifs is 9. The van der Waals surface area contributed by atoms with E-state index in [1.54, 1.807) is 32.0 Å². The van der Waals surface area contributed by atoms with Crippen molar-refractivity contribution < 1.29 is 81.8 Å². The van der Waals surface area contributed by atoms with Crippen molar-refractivity contribution in [2.24, 2.45) is 34.8 Å². The summed E-state index contributed by atoms with van der Waals surface area (Å²) in [4.78, 5) is 231. The van der Waals surface area contributed by atoms with Gasteiger partial charge < -0.3 is 95.5 Å². The number of thioether (sulfide) groups is 3. The summed E-state index contributed by atoms with van der Waals surface area (Å²) >= 11 is 3.46. The van der Waals surface area contributed by atoms with E-state index in [9.17, 15) is 67.4 Å². The third-order valence-electron chi connectivity index (χ3n) is 19.1. The standard InChI is InChI=1S/C67H101N17O17S3/c1-6-35(4)54-63(97)75-41(21-34(2)3)64(98)83-19-9-13-49(83)66(100)82-18-8-12-48(82)62(96)79-46-33-104-30-39-23-37(22-38(24-39)29-103-32-45(77-55(89)36(5)68)60(94)76-43(27-85)58(92)80-54)28-102-31-44(56(90)72-26-53(71)88)78-57(91)40(15-16-51(69)86)73-61(95)47-11-7-17-81(47)67(101)50-14-10-20-84(50)65(99)42(25-52(70)87)74-59(46)93/h22-24,34-36,40-50,54,85H,6-21,25-33,68H2,1-5H3,(H2,69,86)(H2,70,87)(H2,71,88)(H,72,90)(H,73,95)(H,74,93)(H,75,97)(H,76,94)(H,77,89)(H,78,91)(H,79,96)(H,80,92)/t35-,36-,40-,41-,42+,43-,44-,45-,46-,47-,48-,49-,50-,54-/m0/s1. The van der Waals surface area contributed by atoms with Crippen LogP contribution in [0.4, 0.5) is 0 Å². The maximum atomic E-state index is 15.1. The van der Waals surface area contributed by atoms with Crippen LogP contribution in [-0.4, -0.2) is 254 Å². The number of amides is 16. The number of aliphatic hydroxyl groups excluding tert-OH is 1. The fourth-order valence-corrected chi connectivity index (χ4v) is 16.5. The molecule has 37 heteroatoms. The van der Waals surface area contributed by atoms with Crippen LogP contribution in [0.5, 0.6) is 0 Å². The van der Waals surface area contributed by atoms with Gasteiger partial charge in [-0.2, -0.15) is 35.3 Å². The number of nitrogens with zero attached hydrogens (tertiary/aromatic N) is 4. The summed E-state index contributed by atoms with van der Waals surface area (Å²) < 4.78 is 0. The zero-order valence-electron chi connectivity index (χ0n) is 59.4. The fourth-order valence-electron chi connectivity index (χ4n) is 13.5. The van der Waals surface area contributed by atoms with Crippen molar-refractivity contribution in [1.29, 1.82) is 0 Å². The van der Waals surface area contributed by atoms with Gasteiger partial charge in [0, 0.05) is 67.1 Å². The topological polar surface area (TPSA) is 519 Å². The van der Waals surface area contributed by atoms with Crippen molar-refractivity contribution >= 4 is 130 Å². The van der Waals surface area contributed by atoms with E-state index in [1.807, 2.05) is 13.8 Å². The molecule has 34 nitrogen and oxygen atoms in total. The van der Waals surface area contributed by atoms with E-state index in [4.69, 9.17) is 22.9 Å². The Kier molecular flexibility index (Phi) is 31.3. The highest BCUT2D eigenvalue weighted by Crippen LogP contribution is 2.31. The van der Waals surface area contributed by atoms with E-state index in [0.717, 1.165) is 35.3 Å². The van der Waals surface area contributed by atoms with Crippen molar-refractivity contribution in [1.82, 2.24) is 67.5 Å². The Morgan fingerprint density at radius 2 is 1.00 bits per heavy atom. The first-order chi connectivity index (χ1) is 49.4. The third kappa shape index (κ3) is 22.9. The van der Waals surface area contributed by atoms with Crippen LogP contribution in [0.25, 0.3) is 0 Å². The first-order valence-corrected chi connectivity index (χ1v) is 38.8. The van der Waals surface area contributed by atoms with Gasteiger partial charge in [-0.1, -0.05) is 52.3 Å². The van der Waals surface area contributed by atoms with Crippen LogP contribution in [-0.2, 0) is 94.0 Å². The minimum atomic E-state index is -1.71. The molecule has 0 aromatic heterocycles. The highest BCUT2D eigenvalue weighted by molar-refractivity contribution is 7.99. The zero-order chi connectivity index (χ0) is 76.2. The number of nitrogens with two attached hydrogens (primary N) is 4. The molecule has 4 saturated heterocycles. The number of aliphatic hydroxyl groups is 1. The number of carbonyl (C=O) groups is 16. The first-order valence-electron chi connectivity index (χ1n) is 35.4. The molecular weight excluding hydrogens is 1410 g/mol. The molecule has 18 N–H and O–H groups in total. The van der Waals surface area contributed by atoms with Crippen LogP contribution < -0.4 is 70.8 Å². The SMILES string of the molecule is CC[C@H](C)[C@@H]1NC(=O)[C@H](CO)NC(=O)[C@@H](NC(=O)[C@H](C)N)CSCc2cc3cc(c2)CSC[C@H](NC(=O)[C@@H]2CCCN2C(=O)[C@@H]2CCCN2C(=O)[C@H](CC(C)C)NC1=O)C(=O)N[C@H](CC(N)=O)C(=O)N1CCC[C@H]1C(=O)N1CCC[C@H]1C(=O)N[C@@H](CCC(N)=O)C(=O)N[C@H](C(=O)NCC(N)=O)CSC3. The van der Waals surface area contributed by atoms with E-state index in [-0.39, 0.29) is 112 Å². The van der Waals surface area contributed by atoms with Crippen molar-refractivity contribution in [3.05, 3.63) is 34.9 Å². The van der Waals surface area contributed by atoms with Crippen LogP contribution in [0.1, 0.15) is 135 Å². The molecule has 0 radical (unpaired) electrons. The number of primary amides is 3. The summed E-state index contributed by atoms with van der Waals surface area (Å²) in [6.45, 7) is 7.12. The van der Waals surface area contributed by atoms with Crippen LogP contribution in [0, 0.1) is 11.8 Å². The second-order valence-corrected chi connectivity index (χ2v) is 30.8. The number of hydrogen-bond acceptors (Lipinski definition) is 21. The Labute approximate surface area is 616 Å². The van der Waals surface area contributed by atoms with Gasteiger partial charge in [-0.25, -0.2) is 0 Å². The van der Waals surface area contributed by atoms with Crippen LogP contribution in [0.3, 0.4) is 0 Å². The largest absolute Gasteiger partial charge is 0.394 e. The van der Waals surface area contributed by atoms with Crippen molar-refractivity contribution in [2.45, 2.75) is 214 Å². The molecule has 1 aromatic rings. The summed E-state index contributed by atoms with van der Waals surface area (Å²) in [5.41, 5.74) is 24.5.